The number of benzene rings is 7. The van der Waals surface area contributed by atoms with Gasteiger partial charge in [-0.15, -0.1) is 0 Å². The van der Waals surface area contributed by atoms with Gasteiger partial charge in [0.05, 0.1) is 33.9 Å². The highest BCUT2D eigenvalue weighted by Gasteiger charge is 2.39. The lowest BCUT2D eigenvalue weighted by Gasteiger charge is -2.37. The average molecular weight is 787 g/mol. The maximum Gasteiger partial charge on any atom is 0.145 e. The van der Waals surface area contributed by atoms with E-state index in [1.807, 2.05) is 12.3 Å². The Morgan fingerprint density at radius 3 is 1.62 bits per heavy atom. The van der Waals surface area contributed by atoms with Crippen LogP contribution in [0.1, 0.15) is 72.9 Å². The normalized spacial score (nSPS) is 12.2. The fraction of sp³-hybridized carbons (Fsp3) is 0.123. The molecule has 7 aromatic carbocycles. The van der Waals surface area contributed by atoms with Crippen LogP contribution in [0.3, 0.4) is 0 Å². The first-order valence-electron chi connectivity index (χ1n) is 21.5. The predicted octanol–water partition coefficient (Wildman–Crippen LogP) is 14.4. The third-order valence-corrected chi connectivity index (χ3v) is 12.9. The number of pyridine rings is 2. The lowest BCUT2D eigenvalue weighted by molar-refractivity contribution is 0.747. The van der Waals surface area contributed by atoms with Gasteiger partial charge in [0.15, 0.2) is 0 Å². The monoisotopic (exact) mass is 786 g/mol. The summed E-state index contributed by atoms with van der Waals surface area (Å²) in [5.41, 5.74) is 13.5. The molecular formula is C57H46N4. The molecule has 0 aliphatic carbocycles. The van der Waals surface area contributed by atoms with Gasteiger partial charge < -0.3 is 0 Å². The number of imidazole rings is 1. The van der Waals surface area contributed by atoms with Crippen LogP contribution in [0.4, 0.5) is 0 Å². The van der Waals surface area contributed by atoms with E-state index in [1.54, 1.807) is 0 Å². The summed E-state index contributed by atoms with van der Waals surface area (Å²) in [6.07, 6.45) is 4.00. The number of aromatic nitrogens is 4. The average Bonchev–Trinajstić information content (AvgIpc) is 3.90. The van der Waals surface area contributed by atoms with Gasteiger partial charge in [0.1, 0.15) is 11.5 Å². The van der Waals surface area contributed by atoms with Crippen LogP contribution in [0.2, 0.25) is 0 Å². The Balaban J connectivity index is 1.27. The third-order valence-electron chi connectivity index (χ3n) is 12.9. The van der Waals surface area contributed by atoms with E-state index in [-0.39, 0.29) is 0 Å². The molecule has 0 spiro atoms. The molecule has 11 aromatic rings. The first-order valence-corrected chi connectivity index (χ1v) is 21.5. The van der Waals surface area contributed by atoms with E-state index in [0.29, 0.717) is 11.8 Å². The number of nitrogens with zero attached hydrogens (tertiary/aromatic N) is 4. The standard InChI is InChI=1S/C57H46N4/c1-37(2)43-24-17-25-44(38(3)4)55(43)53-36-59-56-49-34-41(29-31-45(49)46-22-11-14-27-51(46)61(53)56)57(39-18-7-5-8-19-39,40-20-9-6-10-21-40)42-30-32-48-47-23-12-13-26-50(47)60(52(48)35-42)54-28-15-16-33-58-54/h5-38H,1-4H3. The molecule has 61 heavy (non-hydrogen) atoms. The Bertz CT molecular complexity index is 3350. The molecule has 0 bridgehead atoms. The van der Waals surface area contributed by atoms with Gasteiger partial charge in [-0.25, -0.2) is 9.97 Å². The van der Waals surface area contributed by atoms with Crippen molar-refractivity contribution < 1.29 is 0 Å². The lowest BCUT2D eigenvalue weighted by atomic mass is 9.65. The van der Waals surface area contributed by atoms with Crippen molar-refractivity contribution in [1.29, 1.82) is 0 Å². The molecule has 0 aliphatic rings. The van der Waals surface area contributed by atoms with Crippen molar-refractivity contribution in [2.45, 2.75) is 44.9 Å². The van der Waals surface area contributed by atoms with Crippen LogP contribution in [0.5, 0.6) is 0 Å². The molecule has 11 rings (SSSR count). The van der Waals surface area contributed by atoms with Gasteiger partial charge in [-0.3, -0.25) is 8.97 Å². The van der Waals surface area contributed by atoms with Gasteiger partial charge >= 0.3 is 0 Å². The summed E-state index contributed by atoms with van der Waals surface area (Å²) in [6.45, 7) is 9.19. The molecule has 0 N–H and O–H groups in total. The highest BCUT2D eigenvalue weighted by molar-refractivity contribution is 6.13. The molecule has 4 nitrogen and oxygen atoms in total. The summed E-state index contributed by atoms with van der Waals surface area (Å²) < 4.78 is 4.75. The zero-order chi connectivity index (χ0) is 41.2. The number of rotatable bonds is 8. The molecule has 0 aliphatic heterocycles. The Kier molecular flexibility index (Phi) is 8.71. The first kappa shape index (κ1) is 36.8. The van der Waals surface area contributed by atoms with Crippen molar-refractivity contribution in [3.05, 3.63) is 228 Å². The van der Waals surface area contributed by atoms with Crippen LogP contribution in [0.25, 0.3) is 66.2 Å². The minimum Gasteiger partial charge on any atom is -0.294 e. The number of hydrogen-bond donors (Lipinski definition) is 0. The molecule has 0 saturated carbocycles. The first-order chi connectivity index (χ1) is 29.9. The van der Waals surface area contributed by atoms with Crippen molar-refractivity contribution >= 4 is 49.1 Å². The van der Waals surface area contributed by atoms with Gasteiger partial charge in [0.2, 0.25) is 0 Å². The van der Waals surface area contributed by atoms with E-state index in [2.05, 4.69) is 219 Å². The van der Waals surface area contributed by atoms with E-state index in [4.69, 9.17) is 9.97 Å². The molecular weight excluding hydrogens is 741 g/mol. The molecule has 0 atom stereocenters. The molecule has 0 unspecified atom stereocenters. The van der Waals surface area contributed by atoms with Gasteiger partial charge in [-0.2, -0.15) is 0 Å². The quantitative estimate of drug-likeness (QED) is 0.114. The van der Waals surface area contributed by atoms with Crippen molar-refractivity contribution in [3.8, 4) is 17.1 Å². The van der Waals surface area contributed by atoms with Crippen molar-refractivity contribution in [2.75, 3.05) is 0 Å². The molecule has 0 amide bonds. The fourth-order valence-corrected chi connectivity index (χ4v) is 10.2. The maximum atomic E-state index is 5.38. The molecule has 294 valence electrons. The lowest BCUT2D eigenvalue weighted by Crippen LogP contribution is -2.31. The van der Waals surface area contributed by atoms with E-state index >= 15 is 0 Å². The Labute approximate surface area is 356 Å². The van der Waals surface area contributed by atoms with E-state index in [9.17, 15) is 0 Å². The molecule has 0 fully saturated rings. The van der Waals surface area contributed by atoms with Gasteiger partial charge in [0.25, 0.3) is 0 Å². The summed E-state index contributed by atoms with van der Waals surface area (Å²) in [5.74, 6) is 1.60. The smallest absolute Gasteiger partial charge is 0.145 e. The van der Waals surface area contributed by atoms with Crippen LogP contribution in [0.15, 0.2) is 194 Å². The predicted molar refractivity (Wildman–Crippen MR) is 254 cm³/mol. The molecule has 0 radical (unpaired) electrons. The second-order valence-corrected chi connectivity index (χ2v) is 17.0. The number of para-hydroxylation sites is 2. The Morgan fingerprint density at radius 2 is 0.984 bits per heavy atom. The van der Waals surface area contributed by atoms with E-state index in [0.717, 1.165) is 39.1 Å². The van der Waals surface area contributed by atoms with Gasteiger partial charge in [-0.05, 0) is 87.0 Å². The molecule has 0 saturated heterocycles. The van der Waals surface area contributed by atoms with Crippen molar-refractivity contribution in [1.82, 2.24) is 18.9 Å². The van der Waals surface area contributed by atoms with Crippen LogP contribution in [-0.2, 0) is 5.41 Å². The van der Waals surface area contributed by atoms with Crippen LogP contribution >= 0.6 is 0 Å². The summed E-state index contributed by atoms with van der Waals surface area (Å²) in [5, 5.41) is 5.91. The van der Waals surface area contributed by atoms with Gasteiger partial charge in [0, 0.05) is 33.3 Å². The van der Waals surface area contributed by atoms with E-state index in [1.165, 1.54) is 60.5 Å². The zero-order valence-corrected chi connectivity index (χ0v) is 34.9. The number of hydrogen-bond acceptors (Lipinski definition) is 2. The Hall–Kier alpha value is -7.30. The summed E-state index contributed by atoms with van der Waals surface area (Å²) in [7, 11) is 0. The third kappa shape index (κ3) is 5.59. The van der Waals surface area contributed by atoms with Crippen LogP contribution < -0.4 is 0 Å². The summed E-state index contributed by atoms with van der Waals surface area (Å²) in [6, 6.07) is 66.7. The SMILES string of the molecule is CC(C)c1cccc(C(C)C)c1-c1cnc2c3cc(C(c4ccccc4)(c4ccccc4)c4ccc5c6ccccc6n(-c6ccccn6)c5c4)ccc3c3ccccc3n12. The Morgan fingerprint density at radius 1 is 0.426 bits per heavy atom. The molecule has 4 aromatic heterocycles. The highest BCUT2D eigenvalue weighted by atomic mass is 15.1. The van der Waals surface area contributed by atoms with Crippen LogP contribution in [0, 0.1) is 0 Å². The largest absolute Gasteiger partial charge is 0.294 e. The minimum atomic E-state index is -0.705. The molecule has 4 heteroatoms. The second kappa shape index (κ2) is 14.5. The van der Waals surface area contributed by atoms with Crippen molar-refractivity contribution in [2.24, 2.45) is 0 Å². The summed E-state index contributed by atoms with van der Waals surface area (Å²) >= 11 is 0. The number of fused-ring (bicyclic) bond motifs is 9. The topological polar surface area (TPSA) is 35.1 Å². The second-order valence-electron chi connectivity index (χ2n) is 17.0. The fourth-order valence-electron chi connectivity index (χ4n) is 10.2. The minimum absolute atomic E-state index is 0.351. The van der Waals surface area contributed by atoms with Gasteiger partial charge in [-0.1, -0.05) is 173 Å². The summed E-state index contributed by atoms with van der Waals surface area (Å²) in [4.78, 5) is 10.3. The highest BCUT2D eigenvalue weighted by Crippen LogP contribution is 2.48. The molecule has 4 heterocycles. The maximum absolute atomic E-state index is 5.38. The van der Waals surface area contributed by atoms with Crippen LogP contribution in [-0.4, -0.2) is 18.9 Å². The van der Waals surface area contributed by atoms with Crippen molar-refractivity contribution in [3.63, 3.8) is 0 Å². The zero-order valence-electron chi connectivity index (χ0n) is 34.9. The van der Waals surface area contributed by atoms with E-state index < -0.39 is 5.41 Å².